The summed E-state index contributed by atoms with van der Waals surface area (Å²) in [6.45, 7) is 13.6. The minimum atomic E-state index is -3.86. The number of unbranched alkanes of at least 4 members (excludes halogenated alkanes) is 12. The van der Waals surface area contributed by atoms with Crippen LogP contribution in [0.5, 0.6) is 0 Å². The lowest BCUT2D eigenvalue weighted by atomic mass is 10.2. The summed E-state index contributed by atoms with van der Waals surface area (Å²) in [5.74, 6) is 0. The Morgan fingerprint density at radius 2 is 0.706 bits per heavy atom. The average Bonchev–Trinajstić information content (AvgIpc) is 2.83. The molecule has 0 saturated heterocycles. The maximum Gasteiger partial charge on any atom is 0.368 e. The van der Waals surface area contributed by atoms with Crippen LogP contribution >= 0.6 is 15.2 Å². The third kappa shape index (κ3) is 15.9. The van der Waals surface area contributed by atoms with Crippen LogP contribution in [0.2, 0.25) is 0 Å². The van der Waals surface area contributed by atoms with Gasteiger partial charge in [-0.3, -0.25) is 9.13 Å². The zero-order valence-electron chi connectivity index (χ0n) is 22.7. The normalized spacial score (nSPS) is 12.4. The average molecular weight is 525 g/mol. The Morgan fingerprint density at radius 1 is 0.471 bits per heavy atom. The Balaban J connectivity index is 5.32. The van der Waals surface area contributed by atoms with Gasteiger partial charge in [-0.15, -0.1) is 0 Å². The van der Waals surface area contributed by atoms with Crippen molar-refractivity contribution in [2.45, 2.75) is 130 Å². The van der Waals surface area contributed by atoms with Gasteiger partial charge < -0.3 is 18.1 Å². The van der Waals surface area contributed by atoms with Gasteiger partial charge in [-0.25, -0.2) is 0 Å². The van der Waals surface area contributed by atoms with E-state index < -0.39 is 15.2 Å². The van der Waals surface area contributed by atoms with Crippen molar-refractivity contribution in [3.8, 4) is 0 Å². The first-order chi connectivity index (χ1) is 16.4. The van der Waals surface area contributed by atoms with Crippen molar-refractivity contribution in [3.63, 3.8) is 0 Å². The van der Waals surface area contributed by atoms with Gasteiger partial charge in [-0.2, -0.15) is 0 Å². The molecule has 0 aromatic heterocycles. The van der Waals surface area contributed by atoms with Gasteiger partial charge in [0.25, 0.3) is 0 Å². The van der Waals surface area contributed by atoms with E-state index in [0.29, 0.717) is 0 Å². The van der Waals surface area contributed by atoms with E-state index in [-0.39, 0.29) is 31.5 Å². The van der Waals surface area contributed by atoms with Crippen molar-refractivity contribution in [3.05, 3.63) is 11.6 Å². The van der Waals surface area contributed by atoms with Gasteiger partial charge in [-0.1, -0.05) is 111 Å². The van der Waals surface area contributed by atoms with Crippen LogP contribution in [-0.4, -0.2) is 26.4 Å². The quantitative estimate of drug-likeness (QED) is 0.0828. The fourth-order valence-corrected chi connectivity index (χ4v) is 7.49. The van der Waals surface area contributed by atoms with Gasteiger partial charge in [-0.05, 0) is 25.7 Å². The molecule has 0 aromatic rings. The summed E-state index contributed by atoms with van der Waals surface area (Å²) in [5.41, 5.74) is 0. The van der Waals surface area contributed by atoms with Crippen LogP contribution in [0.25, 0.3) is 0 Å². The fourth-order valence-electron chi connectivity index (χ4n) is 3.38. The highest BCUT2D eigenvalue weighted by Crippen LogP contribution is 2.73. The highest BCUT2D eigenvalue weighted by atomic mass is 31.2. The highest BCUT2D eigenvalue weighted by Gasteiger charge is 2.44. The molecule has 34 heavy (non-hydrogen) atoms. The van der Waals surface area contributed by atoms with Crippen LogP contribution in [0.1, 0.15) is 130 Å². The molecule has 0 aromatic carbocycles. The predicted molar refractivity (Wildman–Crippen MR) is 145 cm³/mol. The molecule has 0 unspecified atom stereocenters. The Hall–Kier alpha value is 0.0400. The molecule has 0 aliphatic rings. The second-order valence-electron chi connectivity index (χ2n) is 8.99. The minimum Gasteiger partial charge on any atom is -0.305 e. The summed E-state index contributed by atoms with van der Waals surface area (Å²) in [4.78, 5) is 0. The van der Waals surface area contributed by atoms with E-state index in [4.69, 9.17) is 18.1 Å². The van der Waals surface area contributed by atoms with Crippen LogP contribution in [0.3, 0.4) is 0 Å². The molecule has 0 amide bonds. The lowest BCUT2D eigenvalue weighted by Crippen LogP contribution is -2.07. The molecule has 0 aliphatic heterocycles. The van der Waals surface area contributed by atoms with E-state index in [1.807, 2.05) is 0 Å². The number of hydrogen-bond acceptors (Lipinski definition) is 6. The lowest BCUT2D eigenvalue weighted by Gasteiger charge is -2.26. The summed E-state index contributed by atoms with van der Waals surface area (Å²) >= 11 is 0. The van der Waals surface area contributed by atoms with Crippen LogP contribution in [0.15, 0.2) is 11.6 Å². The van der Waals surface area contributed by atoms with Crippen molar-refractivity contribution in [1.82, 2.24) is 0 Å². The Labute approximate surface area is 211 Å². The molecule has 0 fully saturated rings. The summed E-state index contributed by atoms with van der Waals surface area (Å²) in [6, 6.07) is 0. The Morgan fingerprint density at radius 3 is 0.912 bits per heavy atom. The molecule has 0 bridgehead atoms. The standard InChI is InChI=1S/C26H54O6P2/c1-6-10-14-18-22-29-33(27,30-23-19-15-11-7-2)26(5)34(28,31-24-20-16-12-8-3)32-25-21-17-13-9-4/h5-25H2,1-4H3. The monoisotopic (exact) mass is 524 g/mol. The molecule has 0 spiro atoms. The van der Waals surface area contributed by atoms with Crippen molar-refractivity contribution in [1.29, 1.82) is 0 Å². The Bertz CT molecular complexity index is 498. The van der Waals surface area contributed by atoms with E-state index >= 15 is 0 Å². The molecule has 0 rings (SSSR count). The number of hydrogen-bond donors (Lipinski definition) is 0. The van der Waals surface area contributed by atoms with E-state index in [0.717, 1.165) is 103 Å². The summed E-state index contributed by atoms with van der Waals surface area (Å²) in [5, 5.41) is -0.142. The maximum atomic E-state index is 13.8. The van der Waals surface area contributed by atoms with Crippen molar-refractivity contribution in [2.24, 2.45) is 0 Å². The molecular formula is C26H54O6P2. The molecule has 8 heteroatoms. The maximum absolute atomic E-state index is 13.8. The molecule has 0 radical (unpaired) electrons. The smallest absolute Gasteiger partial charge is 0.305 e. The first kappa shape index (κ1) is 34.0. The molecule has 204 valence electrons. The van der Waals surface area contributed by atoms with Crippen molar-refractivity contribution >= 4 is 15.2 Å². The highest BCUT2D eigenvalue weighted by molar-refractivity contribution is 7.78. The third-order valence-corrected chi connectivity index (χ3v) is 10.5. The van der Waals surface area contributed by atoms with E-state index in [9.17, 15) is 9.13 Å². The van der Waals surface area contributed by atoms with E-state index in [2.05, 4.69) is 34.3 Å². The summed E-state index contributed by atoms with van der Waals surface area (Å²) in [6.07, 6.45) is 15.8. The predicted octanol–water partition coefficient (Wildman–Crippen LogP) is 10.2. The first-order valence-electron chi connectivity index (χ1n) is 13.9. The third-order valence-electron chi connectivity index (χ3n) is 5.67. The molecule has 0 atom stereocenters. The van der Waals surface area contributed by atoms with Crippen LogP contribution in [0.4, 0.5) is 0 Å². The van der Waals surface area contributed by atoms with Gasteiger partial charge in [0.1, 0.15) is 5.06 Å². The summed E-state index contributed by atoms with van der Waals surface area (Å²) in [7, 11) is -7.72. The molecule has 6 nitrogen and oxygen atoms in total. The van der Waals surface area contributed by atoms with Gasteiger partial charge in [0.05, 0.1) is 26.4 Å². The van der Waals surface area contributed by atoms with Gasteiger partial charge >= 0.3 is 15.2 Å². The lowest BCUT2D eigenvalue weighted by molar-refractivity contribution is 0.192. The molecule has 0 saturated carbocycles. The zero-order chi connectivity index (χ0) is 25.5. The topological polar surface area (TPSA) is 71.1 Å². The van der Waals surface area contributed by atoms with Gasteiger partial charge in [0.15, 0.2) is 0 Å². The van der Waals surface area contributed by atoms with Gasteiger partial charge in [0, 0.05) is 0 Å². The fraction of sp³-hybridized carbons (Fsp3) is 0.923. The zero-order valence-corrected chi connectivity index (χ0v) is 24.5. The second kappa shape index (κ2) is 22.3. The van der Waals surface area contributed by atoms with Crippen molar-refractivity contribution < 1.29 is 27.2 Å². The SMILES string of the molecule is C=C(P(=O)(OCCCCCC)OCCCCCC)P(=O)(OCCCCCC)OCCCCCC. The van der Waals surface area contributed by atoms with Gasteiger partial charge in [0.2, 0.25) is 0 Å². The first-order valence-corrected chi connectivity index (χ1v) is 17.0. The molecule has 0 N–H and O–H groups in total. The molecule has 0 aliphatic carbocycles. The van der Waals surface area contributed by atoms with Crippen LogP contribution in [-0.2, 0) is 27.2 Å². The van der Waals surface area contributed by atoms with E-state index in [1.165, 1.54) is 0 Å². The van der Waals surface area contributed by atoms with E-state index in [1.54, 1.807) is 0 Å². The van der Waals surface area contributed by atoms with Crippen molar-refractivity contribution in [2.75, 3.05) is 26.4 Å². The molecule has 0 heterocycles. The Kier molecular flexibility index (Phi) is 22.3. The largest absolute Gasteiger partial charge is 0.368 e. The number of rotatable bonds is 26. The summed E-state index contributed by atoms with van der Waals surface area (Å²) < 4.78 is 50.8. The van der Waals surface area contributed by atoms with Crippen LogP contribution < -0.4 is 0 Å². The second-order valence-corrected chi connectivity index (χ2v) is 13.4. The van der Waals surface area contributed by atoms with Crippen LogP contribution in [0, 0.1) is 0 Å². The molecular weight excluding hydrogens is 470 g/mol. The minimum absolute atomic E-state index is 0.142.